The maximum absolute atomic E-state index is 9.47. The highest BCUT2D eigenvalue weighted by molar-refractivity contribution is 5.57. The van der Waals surface area contributed by atoms with Gasteiger partial charge in [0.05, 0.1) is 13.0 Å². The third kappa shape index (κ3) is 1.91. The van der Waals surface area contributed by atoms with Gasteiger partial charge in [-0.25, -0.2) is 0 Å². The molecule has 1 aliphatic heterocycles. The summed E-state index contributed by atoms with van der Waals surface area (Å²) in [5, 5.41) is 16.4. The fourth-order valence-electron chi connectivity index (χ4n) is 2.61. The van der Waals surface area contributed by atoms with Gasteiger partial charge >= 0.3 is 0 Å². The number of nitrogens with one attached hydrogen (secondary N) is 1. The summed E-state index contributed by atoms with van der Waals surface area (Å²) in [5.74, 6) is 0.817. The number of benzene rings is 1. The summed E-state index contributed by atoms with van der Waals surface area (Å²) in [6, 6.07) is 9.68. The second kappa shape index (κ2) is 4.87. The molecule has 0 amide bonds. The summed E-state index contributed by atoms with van der Waals surface area (Å²) in [6.07, 6.45) is 0. The number of aromatic nitrogens is 2. The van der Waals surface area contributed by atoms with Crippen molar-refractivity contribution in [3.63, 3.8) is 0 Å². The topological polar surface area (TPSA) is 96.9 Å². The molecule has 106 valence electrons. The zero-order valence-electron chi connectivity index (χ0n) is 11.7. The highest BCUT2D eigenvalue weighted by atomic mass is 16.5. The molecule has 2 aromatic rings. The van der Waals surface area contributed by atoms with Gasteiger partial charge in [-0.2, -0.15) is 5.26 Å². The van der Waals surface area contributed by atoms with Crippen LogP contribution in [-0.4, -0.2) is 17.3 Å². The Morgan fingerprint density at radius 2 is 2.19 bits per heavy atom. The zero-order valence-corrected chi connectivity index (χ0v) is 11.7. The van der Waals surface area contributed by atoms with E-state index in [-0.39, 0.29) is 11.8 Å². The number of para-hydroxylation sites is 1. The van der Waals surface area contributed by atoms with E-state index in [1.165, 1.54) is 0 Å². The van der Waals surface area contributed by atoms with Crippen LogP contribution in [0.25, 0.3) is 0 Å². The van der Waals surface area contributed by atoms with Crippen molar-refractivity contribution in [3.8, 4) is 17.7 Å². The third-order valence-electron chi connectivity index (χ3n) is 3.58. The number of nitrogens with two attached hydrogens (primary N) is 1. The molecule has 0 aliphatic carbocycles. The Morgan fingerprint density at radius 3 is 2.90 bits per heavy atom. The van der Waals surface area contributed by atoms with Crippen molar-refractivity contribution in [2.45, 2.75) is 12.8 Å². The molecule has 6 heteroatoms. The minimum atomic E-state index is -0.353. The Hall–Kier alpha value is -2.94. The monoisotopic (exact) mass is 282 g/mol. The number of rotatable bonds is 2. The maximum atomic E-state index is 9.47. The minimum absolute atomic E-state index is 0.0763. The number of fused-ring (bicyclic) bond motifs is 1. The molecule has 0 unspecified atom stereocenters. The van der Waals surface area contributed by atoms with E-state index in [1.54, 1.807) is 7.11 Å². The van der Waals surface area contributed by atoms with Gasteiger partial charge in [0.2, 0.25) is 11.8 Å². The van der Waals surface area contributed by atoms with E-state index in [1.807, 2.05) is 31.2 Å². The van der Waals surface area contributed by atoms with Gasteiger partial charge in [-0.15, -0.1) is 5.10 Å². The van der Waals surface area contributed by atoms with E-state index in [0.29, 0.717) is 17.2 Å². The molecule has 0 spiro atoms. The number of nitriles is 1. The van der Waals surface area contributed by atoms with Gasteiger partial charge in [0.1, 0.15) is 17.4 Å². The number of ether oxygens (including phenoxy) is 2. The lowest BCUT2D eigenvalue weighted by molar-refractivity contribution is 0.375. The normalized spacial score (nSPS) is 16.9. The average Bonchev–Trinajstić information content (AvgIpc) is 2.86. The number of allylic oxidation sites excluding steroid dienone is 1. The zero-order chi connectivity index (χ0) is 15.0. The molecule has 3 N–H and O–H groups in total. The Kier molecular flexibility index (Phi) is 3.03. The van der Waals surface area contributed by atoms with Gasteiger partial charge in [-0.3, -0.25) is 5.10 Å². The van der Waals surface area contributed by atoms with Crippen molar-refractivity contribution >= 4 is 0 Å². The van der Waals surface area contributed by atoms with E-state index in [2.05, 4.69) is 16.3 Å². The lowest BCUT2D eigenvalue weighted by atomic mass is 9.84. The van der Waals surface area contributed by atoms with Crippen LogP contribution in [0.15, 0.2) is 35.7 Å². The van der Waals surface area contributed by atoms with Crippen LogP contribution in [0, 0.1) is 18.3 Å². The predicted octanol–water partition coefficient (Wildman–Crippen LogP) is 1.94. The van der Waals surface area contributed by atoms with E-state index < -0.39 is 0 Å². The molecule has 0 bridgehead atoms. The number of aromatic amines is 1. The summed E-state index contributed by atoms with van der Waals surface area (Å²) in [7, 11) is 1.60. The molecule has 1 aromatic heterocycles. The van der Waals surface area contributed by atoms with Crippen molar-refractivity contribution in [2.24, 2.45) is 5.73 Å². The van der Waals surface area contributed by atoms with Crippen molar-refractivity contribution in [1.82, 2.24) is 10.2 Å². The molecular formula is C15H14N4O2. The van der Waals surface area contributed by atoms with E-state index in [0.717, 1.165) is 16.8 Å². The molecule has 6 nitrogen and oxygen atoms in total. The largest absolute Gasteiger partial charge is 0.496 e. The van der Waals surface area contributed by atoms with Gasteiger partial charge in [0.25, 0.3) is 0 Å². The quantitative estimate of drug-likeness (QED) is 0.877. The average molecular weight is 282 g/mol. The highest BCUT2D eigenvalue weighted by Crippen LogP contribution is 2.45. The van der Waals surface area contributed by atoms with Crippen molar-refractivity contribution in [3.05, 3.63) is 52.5 Å². The first kappa shape index (κ1) is 13.1. The van der Waals surface area contributed by atoms with Crippen LogP contribution in [-0.2, 0) is 0 Å². The Bertz CT molecular complexity index is 770. The molecule has 0 fully saturated rings. The second-order valence-corrected chi connectivity index (χ2v) is 4.73. The summed E-state index contributed by atoms with van der Waals surface area (Å²) in [5.41, 5.74) is 8.73. The first-order valence-corrected chi connectivity index (χ1v) is 6.42. The van der Waals surface area contributed by atoms with E-state index >= 15 is 0 Å². The van der Waals surface area contributed by atoms with E-state index in [4.69, 9.17) is 15.2 Å². The van der Waals surface area contributed by atoms with Crippen LogP contribution < -0.4 is 15.2 Å². The summed E-state index contributed by atoms with van der Waals surface area (Å²) in [6.45, 7) is 1.88. The van der Waals surface area contributed by atoms with Crippen molar-refractivity contribution in [2.75, 3.05) is 7.11 Å². The molecule has 0 saturated carbocycles. The molecular weight excluding hydrogens is 268 g/mol. The van der Waals surface area contributed by atoms with Crippen LogP contribution in [0.5, 0.6) is 11.6 Å². The SMILES string of the molecule is COc1ccccc1[C@H]1C(C#N)=C(N)Oc2n[nH]c(C)c21. The molecule has 1 aliphatic rings. The van der Waals surface area contributed by atoms with Crippen LogP contribution in [0.3, 0.4) is 0 Å². The first-order chi connectivity index (χ1) is 10.2. The van der Waals surface area contributed by atoms with Gasteiger partial charge in [0.15, 0.2) is 0 Å². The summed E-state index contributed by atoms with van der Waals surface area (Å²) in [4.78, 5) is 0. The second-order valence-electron chi connectivity index (χ2n) is 4.73. The van der Waals surface area contributed by atoms with Crippen LogP contribution >= 0.6 is 0 Å². The molecule has 0 saturated heterocycles. The lowest BCUT2D eigenvalue weighted by Crippen LogP contribution is -2.21. The Balaban J connectivity index is 2.28. The van der Waals surface area contributed by atoms with Crippen LogP contribution in [0.1, 0.15) is 22.7 Å². The van der Waals surface area contributed by atoms with E-state index in [9.17, 15) is 5.26 Å². The smallest absolute Gasteiger partial charge is 0.244 e. The summed E-state index contributed by atoms with van der Waals surface area (Å²) >= 11 is 0. The maximum Gasteiger partial charge on any atom is 0.244 e. The predicted molar refractivity (Wildman–Crippen MR) is 75.6 cm³/mol. The molecule has 0 radical (unpaired) electrons. The number of aryl methyl sites for hydroxylation is 1. The van der Waals surface area contributed by atoms with Crippen LogP contribution in [0.4, 0.5) is 0 Å². The van der Waals surface area contributed by atoms with Gasteiger partial charge in [-0.1, -0.05) is 18.2 Å². The third-order valence-corrected chi connectivity index (χ3v) is 3.58. The minimum Gasteiger partial charge on any atom is -0.496 e. The fourth-order valence-corrected chi connectivity index (χ4v) is 2.61. The number of hydrogen-bond acceptors (Lipinski definition) is 5. The van der Waals surface area contributed by atoms with Gasteiger partial charge in [0, 0.05) is 16.8 Å². The Labute approximate surface area is 121 Å². The van der Waals surface area contributed by atoms with Gasteiger partial charge in [-0.05, 0) is 13.0 Å². The lowest BCUT2D eigenvalue weighted by Gasteiger charge is -2.24. The fraction of sp³-hybridized carbons (Fsp3) is 0.200. The number of nitrogens with zero attached hydrogens (tertiary/aromatic N) is 2. The van der Waals surface area contributed by atoms with Crippen molar-refractivity contribution in [1.29, 1.82) is 5.26 Å². The molecule has 3 rings (SSSR count). The molecule has 21 heavy (non-hydrogen) atoms. The number of methoxy groups -OCH3 is 1. The standard InChI is InChI=1S/C15H14N4O2/c1-8-12-13(9-5-3-4-6-11(9)20-2)10(7-16)14(17)21-15(12)19-18-8/h3-6,13H,17H2,1-2H3,(H,18,19)/t13-/m0/s1. The molecule has 2 heterocycles. The molecule has 1 atom stereocenters. The van der Waals surface area contributed by atoms with Crippen molar-refractivity contribution < 1.29 is 9.47 Å². The first-order valence-electron chi connectivity index (χ1n) is 6.42. The number of hydrogen-bond donors (Lipinski definition) is 2. The summed E-state index contributed by atoms with van der Waals surface area (Å²) < 4.78 is 10.8. The van der Waals surface area contributed by atoms with Crippen LogP contribution in [0.2, 0.25) is 0 Å². The Morgan fingerprint density at radius 1 is 1.43 bits per heavy atom. The van der Waals surface area contributed by atoms with Gasteiger partial charge < -0.3 is 15.2 Å². The molecule has 1 aromatic carbocycles. The highest BCUT2D eigenvalue weighted by Gasteiger charge is 2.35. The number of H-pyrrole nitrogens is 1.